The number of hydrogen-bond donors (Lipinski definition) is 1. The summed E-state index contributed by atoms with van der Waals surface area (Å²) in [6, 6.07) is 1.40. The molecule has 2 aromatic rings. The van der Waals surface area contributed by atoms with Gasteiger partial charge in [0.1, 0.15) is 4.90 Å². The molecule has 0 spiro atoms. The number of benzene rings is 1. The minimum absolute atomic E-state index is 0.0186. The van der Waals surface area contributed by atoms with Crippen LogP contribution in [0.1, 0.15) is 0 Å². The zero-order valence-corrected chi connectivity index (χ0v) is 7.91. The maximum atomic E-state index is 12.8. The van der Waals surface area contributed by atoms with Gasteiger partial charge >= 0.3 is 10.2 Å². The number of H-pyrrole nitrogens is 1. The Morgan fingerprint density at radius 3 is 2.33 bits per heavy atom. The number of hydrogen-bond acceptors (Lipinski definition) is 2. The Morgan fingerprint density at radius 1 is 1.13 bits per heavy atom. The number of halogens is 3. The van der Waals surface area contributed by atoms with Crippen LogP contribution in [0, 0.1) is 11.6 Å². The van der Waals surface area contributed by atoms with Gasteiger partial charge in [0.05, 0.1) is 0 Å². The van der Waals surface area contributed by atoms with E-state index >= 15 is 0 Å². The summed E-state index contributed by atoms with van der Waals surface area (Å²) in [7, 11) is -4.94. The van der Waals surface area contributed by atoms with Crippen molar-refractivity contribution in [3.8, 4) is 0 Å². The van der Waals surface area contributed by atoms with Gasteiger partial charge in [0, 0.05) is 23.2 Å². The smallest absolute Gasteiger partial charge is 0.334 e. The van der Waals surface area contributed by atoms with E-state index in [1.54, 1.807) is 0 Å². The fourth-order valence-electron chi connectivity index (χ4n) is 1.29. The second-order valence-corrected chi connectivity index (χ2v) is 4.22. The highest BCUT2D eigenvalue weighted by atomic mass is 32.3. The van der Waals surface area contributed by atoms with E-state index in [2.05, 4.69) is 4.98 Å². The quantitative estimate of drug-likeness (QED) is 0.769. The Kier molecular flexibility index (Phi) is 2.00. The van der Waals surface area contributed by atoms with Gasteiger partial charge in [-0.3, -0.25) is 0 Å². The standard InChI is InChI=1S/C8H4F3NO2S/c9-5-1-4-7(2-6(5)10)12-3-8(4)15(11,13)14/h1-3,12H. The van der Waals surface area contributed by atoms with Crippen LogP contribution >= 0.6 is 0 Å². The molecule has 0 saturated carbocycles. The van der Waals surface area contributed by atoms with Gasteiger partial charge in [0.25, 0.3) is 0 Å². The Balaban J connectivity index is 2.87. The van der Waals surface area contributed by atoms with Crippen molar-refractivity contribution in [2.75, 3.05) is 0 Å². The van der Waals surface area contributed by atoms with Crippen molar-refractivity contribution in [1.29, 1.82) is 0 Å². The minimum Gasteiger partial charge on any atom is -0.360 e. The van der Waals surface area contributed by atoms with E-state index in [-0.39, 0.29) is 10.9 Å². The van der Waals surface area contributed by atoms with Crippen molar-refractivity contribution in [3.63, 3.8) is 0 Å². The maximum absolute atomic E-state index is 12.8. The predicted molar refractivity (Wildman–Crippen MR) is 46.5 cm³/mol. The normalized spacial score (nSPS) is 12.2. The Bertz CT molecular complexity index is 633. The molecule has 80 valence electrons. The van der Waals surface area contributed by atoms with Gasteiger partial charge in [-0.05, 0) is 6.07 Å². The van der Waals surface area contributed by atoms with E-state index in [0.29, 0.717) is 6.07 Å². The first-order valence-electron chi connectivity index (χ1n) is 3.80. The average Bonchev–Trinajstić information content (AvgIpc) is 2.47. The van der Waals surface area contributed by atoms with Gasteiger partial charge < -0.3 is 4.98 Å². The van der Waals surface area contributed by atoms with Gasteiger partial charge in [-0.1, -0.05) is 0 Å². The molecule has 0 bridgehead atoms. The summed E-state index contributed by atoms with van der Waals surface area (Å²) in [5.41, 5.74) is 0.0186. The van der Waals surface area contributed by atoms with Crippen LogP contribution in [0.4, 0.5) is 12.7 Å². The van der Waals surface area contributed by atoms with Crippen molar-refractivity contribution < 1.29 is 21.1 Å². The topological polar surface area (TPSA) is 49.9 Å². The molecule has 0 aliphatic rings. The largest absolute Gasteiger partial charge is 0.360 e. The SMILES string of the molecule is O=S(=O)(F)c1c[nH]c2cc(F)c(F)cc12. The van der Waals surface area contributed by atoms with Crippen LogP contribution < -0.4 is 0 Å². The molecule has 1 N–H and O–H groups in total. The van der Waals surface area contributed by atoms with Crippen molar-refractivity contribution >= 4 is 21.1 Å². The first-order valence-corrected chi connectivity index (χ1v) is 5.19. The summed E-state index contributed by atoms with van der Waals surface area (Å²) in [5, 5.41) is -0.212. The van der Waals surface area contributed by atoms with Gasteiger partial charge in [-0.2, -0.15) is 8.42 Å². The molecule has 0 aliphatic carbocycles. The molecule has 0 saturated heterocycles. The molecule has 0 aliphatic heterocycles. The molecule has 0 atom stereocenters. The van der Waals surface area contributed by atoms with Crippen molar-refractivity contribution in [2.24, 2.45) is 0 Å². The van der Waals surface area contributed by atoms with Crippen molar-refractivity contribution in [1.82, 2.24) is 4.98 Å². The van der Waals surface area contributed by atoms with Crippen molar-refractivity contribution in [2.45, 2.75) is 4.90 Å². The zero-order chi connectivity index (χ0) is 11.2. The van der Waals surface area contributed by atoms with E-state index in [9.17, 15) is 21.1 Å². The highest BCUT2D eigenvalue weighted by Gasteiger charge is 2.19. The molecule has 1 aromatic heterocycles. The highest BCUT2D eigenvalue weighted by Crippen LogP contribution is 2.26. The monoisotopic (exact) mass is 235 g/mol. The summed E-state index contributed by atoms with van der Waals surface area (Å²) in [6.45, 7) is 0. The number of aromatic amines is 1. The van der Waals surface area contributed by atoms with Crippen LogP contribution in [0.25, 0.3) is 10.9 Å². The summed E-state index contributed by atoms with van der Waals surface area (Å²) in [5.74, 6) is -2.36. The molecule has 0 radical (unpaired) electrons. The number of nitrogens with one attached hydrogen (secondary N) is 1. The molecule has 2 rings (SSSR count). The van der Waals surface area contributed by atoms with Gasteiger partial charge in [-0.15, -0.1) is 3.89 Å². The lowest BCUT2D eigenvalue weighted by atomic mass is 10.2. The van der Waals surface area contributed by atoms with Gasteiger partial charge in [0.15, 0.2) is 11.6 Å². The molecule has 0 fully saturated rings. The van der Waals surface area contributed by atoms with E-state index in [0.717, 1.165) is 12.3 Å². The molecule has 1 heterocycles. The van der Waals surface area contributed by atoms with E-state index in [4.69, 9.17) is 0 Å². The van der Waals surface area contributed by atoms with E-state index < -0.39 is 26.8 Å². The summed E-state index contributed by atoms with van der Waals surface area (Å²) in [4.78, 5) is 1.64. The summed E-state index contributed by atoms with van der Waals surface area (Å²) in [6.07, 6.45) is 0.846. The van der Waals surface area contributed by atoms with Crippen LogP contribution in [-0.4, -0.2) is 13.4 Å². The van der Waals surface area contributed by atoms with Crippen LogP contribution in [0.5, 0.6) is 0 Å². The lowest BCUT2D eigenvalue weighted by Gasteiger charge is -1.95. The number of rotatable bonds is 1. The molecule has 3 nitrogen and oxygen atoms in total. The lowest BCUT2D eigenvalue weighted by molar-refractivity contribution is 0.510. The Morgan fingerprint density at radius 2 is 1.73 bits per heavy atom. The lowest BCUT2D eigenvalue weighted by Crippen LogP contribution is -1.90. The molecule has 7 heteroatoms. The molecular weight excluding hydrogens is 231 g/mol. The summed E-state index contributed by atoms with van der Waals surface area (Å²) >= 11 is 0. The average molecular weight is 235 g/mol. The van der Waals surface area contributed by atoms with Crippen LogP contribution in [0.15, 0.2) is 23.2 Å². The molecule has 0 amide bonds. The van der Waals surface area contributed by atoms with Crippen molar-refractivity contribution in [3.05, 3.63) is 30.0 Å². The van der Waals surface area contributed by atoms with Gasteiger partial charge in [0.2, 0.25) is 0 Å². The van der Waals surface area contributed by atoms with Gasteiger partial charge in [-0.25, -0.2) is 8.78 Å². The highest BCUT2D eigenvalue weighted by molar-refractivity contribution is 7.86. The number of aromatic nitrogens is 1. The van der Waals surface area contributed by atoms with E-state index in [1.807, 2.05) is 0 Å². The number of fused-ring (bicyclic) bond motifs is 1. The third-order valence-electron chi connectivity index (χ3n) is 1.95. The maximum Gasteiger partial charge on any atom is 0.334 e. The predicted octanol–water partition coefficient (Wildman–Crippen LogP) is 2.10. The van der Waals surface area contributed by atoms with E-state index in [1.165, 1.54) is 0 Å². The fourth-order valence-corrected chi connectivity index (χ4v) is 1.92. The Hall–Kier alpha value is -1.50. The first-order chi connectivity index (χ1) is 6.89. The molecule has 0 unspecified atom stereocenters. The fraction of sp³-hybridized carbons (Fsp3) is 0. The zero-order valence-electron chi connectivity index (χ0n) is 7.09. The van der Waals surface area contributed by atoms with Crippen LogP contribution in [0.3, 0.4) is 0 Å². The second kappa shape index (κ2) is 2.99. The van der Waals surface area contributed by atoms with Crippen LogP contribution in [0.2, 0.25) is 0 Å². The second-order valence-electron chi connectivity index (χ2n) is 2.90. The third kappa shape index (κ3) is 1.58. The molecular formula is C8H4F3NO2S. The minimum atomic E-state index is -4.94. The molecule has 1 aromatic carbocycles. The molecule has 15 heavy (non-hydrogen) atoms. The third-order valence-corrected chi connectivity index (χ3v) is 2.81. The Labute approximate surface area is 82.7 Å². The van der Waals surface area contributed by atoms with Crippen LogP contribution in [-0.2, 0) is 10.2 Å². The first kappa shape index (κ1) is 10.0. The summed E-state index contributed by atoms with van der Waals surface area (Å²) < 4.78 is 59.4.